The van der Waals surface area contributed by atoms with Crippen LogP contribution >= 0.6 is 27.3 Å². The Bertz CT molecular complexity index is 377. The van der Waals surface area contributed by atoms with Gasteiger partial charge in [-0.25, -0.2) is 0 Å². The molecule has 0 unspecified atom stereocenters. The summed E-state index contributed by atoms with van der Waals surface area (Å²) < 4.78 is 1.32. The minimum atomic E-state index is 0.552. The molecule has 3 rings (SSSR count). The zero-order valence-corrected chi connectivity index (χ0v) is 12.6. The minimum Gasteiger partial charge on any atom is -0.313 e. The SMILES string of the molecule is Brc1ccsc1CC1(CNC2CC2)CCCC1. The van der Waals surface area contributed by atoms with Crippen LogP contribution in [0.15, 0.2) is 15.9 Å². The summed E-state index contributed by atoms with van der Waals surface area (Å²) in [4.78, 5) is 1.55. The number of rotatable bonds is 5. The van der Waals surface area contributed by atoms with E-state index in [9.17, 15) is 0 Å². The second-order valence-corrected chi connectivity index (χ2v) is 7.59. The Kier molecular flexibility index (Phi) is 3.60. The first-order chi connectivity index (χ1) is 8.27. The summed E-state index contributed by atoms with van der Waals surface area (Å²) in [5.41, 5.74) is 0.552. The van der Waals surface area contributed by atoms with Gasteiger partial charge in [0.15, 0.2) is 0 Å². The van der Waals surface area contributed by atoms with Gasteiger partial charge in [0.25, 0.3) is 0 Å². The molecule has 2 saturated carbocycles. The highest BCUT2D eigenvalue weighted by Crippen LogP contribution is 2.43. The van der Waals surface area contributed by atoms with Crippen molar-refractivity contribution in [3.63, 3.8) is 0 Å². The van der Waals surface area contributed by atoms with E-state index in [1.165, 1.54) is 56.0 Å². The van der Waals surface area contributed by atoms with Crippen LogP contribution in [0, 0.1) is 5.41 Å². The van der Waals surface area contributed by atoms with Crippen LogP contribution < -0.4 is 5.32 Å². The summed E-state index contributed by atoms with van der Waals surface area (Å²) in [6.07, 6.45) is 9.75. The summed E-state index contributed by atoms with van der Waals surface area (Å²) in [6, 6.07) is 3.04. The van der Waals surface area contributed by atoms with E-state index in [2.05, 4.69) is 32.7 Å². The van der Waals surface area contributed by atoms with Crippen LogP contribution in [0.25, 0.3) is 0 Å². The average Bonchev–Trinajstić information content (AvgIpc) is 2.92. The van der Waals surface area contributed by atoms with Crippen LogP contribution in [-0.2, 0) is 6.42 Å². The Morgan fingerprint density at radius 3 is 2.71 bits per heavy atom. The zero-order valence-electron chi connectivity index (χ0n) is 10.2. The predicted octanol–water partition coefficient (Wildman–Crippen LogP) is 4.37. The van der Waals surface area contributed by atoms with E-state index in [1.807, 2.05) is 11.3 Å². The molecule has 0 aromatic carbocycles. The van der Waals surface area contributed by atoms with Crippen LogP contribution in [-0.4, -0.2) is 12.6 Å². The lowest BCUT2D eigenvalue weighted by atomic mass is 9.82. The summed E-state index contributed by atoms with van der Waals surface area (Å²) in [7, 11) is 0. The summed E-state index contributed by atoms with van der Waals surface area (Å²) in [5.74, 6) is 0. The standard InChI is InChI=1S/C14H20BrNS/c15-12-5-8-17-13(12)9-14(6-1-2-7-14)10-16-11-3-4-11/h5,8,11,16H,1-4,6-7,9-10H2. The molecular formula is C14H20BrNS. The Morgan fingerprint density at radius 2 is 2.12 bits per heavy atom. The van der Waals surface area contributed by atoms with Gasteiger partial charge in [0.2, 0.25) is 0 Å². The molecule has 1 nitrogen and oxygen atoms in total. The van der Waals surface area contributed by atoms with Crippen molar-refractivity contribution in [2.45, 2.75) is 51.0 Å². The molecule has 0 radical (unpaired) electrons. The molecule has 3 heteroatoms. The van der Waals surface area contributed by atoms with Crippen LogP contribution in [0.4, 0.5) is 0 Å². The number of halogens is 1. The molecule has 1 aromatic heterocycles. The third-order valence-electron chi connectivity index (χ3n) is 4.23. The first kappa shape index (κ1) is 12.2. The van der Waals surface area contributed by atoms with Gasteiger partial charge in [-0.2, -0.15) is 0 Å². The molecule has 1 N–H and O–H groups in total. The Morgan fingerprint density at radius 1 is 1.35 bits per heavy atom. The molecule has 94 valence electrons. The topological polar surface area (TPSA) is 12.0 Å². The van der Waals surface area contributed by atoms with E-state index < -0.39 is 0 Å². The van der Waals surface area contributed by atoms with Crippen molar-refractivity contribution in [2.75, 3.05) is 6.54 Å². The fourth-order valence-corrected chi connectivity index (χ4v) is 4.65. The van der Waals surface area contributed by atoms with Gasteiger partial charge in [0, 0.05) is 21.9 Å². The maximum atomic E-state index is 3.76. The molecule has 2 aliphatic rings. The van der Waals surface area contributed by atoms with Gasteiger partial charge in [-0.3, -0.25) is 0 Å². The molecule has 0 spiro atoms. The van der Waals surface area contributed by atoms with Crippen molar-refractivity contribution in [3.8, 4) is 0 Å². The van der Waals surface area contributed by atoms with E-state index in [0.29, 0.717) is 5.41 Å². The van der Waals surface area contributed by atoms with E-state index in [1.54, 1.807) is 4.88 Å². The largest absolute Gasteiger partial charge is 0.313 e. The lowest BCUT2D eigenvalue weighted by molar-refractivity contribution is 0.278. The number of hydrogen-bond donors (Lipinski definition) is 1. The molecular weight excluding hydrogens is 294 g/mol. The van der Waals surface area contributed by atoms with Crippen LogP contribution in [0.5, 0.6) is 0 Å². The molecule has 1 aromatic rings. The molecule has 2 aliphatic carbocycles. The number of hydrogen-bond acceptors (Lipinski definition) is 2. The fourth-order valence-electron chi connectivity index (χ4n) is 2.98. The molecule has 0 aliphatic heterocycles. The molecule has 17 heavy (non-hydrogen) atoms. The molecule has 0 bridgehead atoms. The quantitative estimate of drug-likeness (QED) is 0.851. The van der Waals surface area contributed by atoms with Gasteiger partial charge >= 0.3 is 0 Å². The minimum absolute atomic E-state index is 0.552. The van der Waals surface area contributed by atoms with Crippen LogP contribution in [0.2, 0.25) is 0 Å². The summed E-state index contributed by atoms with van der Waals surface area (Å²) in [6.45, 7) is 1.24. The molecule has 0 atom stereocenters. The maximum absolute atomic E-state index is 3.76. The first-order valence-corrected chi connectivity index (χ1v) is 8.40. The smallest absolute Gasteiger partial charge is 0.0314 e. The fraction of sp³-hybridized carbons (Fsp3) is 0.714. The van der Waals surface area contributed by atoms with Gasteiger partial charge < -0.3 is 5.32 Å². The number of thiophene rings is 1. The predicted molar refractivity (Wildman–Crippen MR) is 77.6 cm³/mol. The van der Waals surface area contributed by atoms with Crippen molar-refractivity contribution in [1.29, 1.82) is 0 Å². The highest BCUT2D eigenvalue weighted by Gasteiger charge is 2.36. The Hall–Kier alpha value is 0.140. The van der Waals surface area contributed by atoms with E-state index >= 15 is 0 Å². The normalized spacial score (nSPS) is 23.1. The summed E-state index contributed by atoms with van der Waals surface area (Å²) >= 11 is 5.59. The van der Waals surface area contributed by atoms with Crippen molar-refractivity contribution in [2.24, 2.45) is 5.41 Å². The van der Waals surface area contributed by atoms with E-state index in [0.717, 1.165) is 6.04 Å². The number of nitrogens with one attached hydrogen (secondary N) is 1. The highest BCUT2D eigenvalue weighted by molar-refractivity contribution is 9.10. The van der Waals surface area contributed by atoms with Gasteiger partial charge in [-0.15, -0.1) is 11.3 Å². The first-order valence-electron chi connectivity index (χ1n) is 6.73. The third-order valence-corrected chi connectivity index (χ3v) is 6.16. The van der Waals surface area contributed by atoms with Crippen molar-refractivity contribution in [3.05, 3.63) is 20.8 Å². The second kappa shape index (κ2) is 5.02. The lowest BCUT2D eigenvalue weighted by Crippen LogP contribution is -2.35. The lowest BCUT2D eigenvalue weighted by Gasteiger charge is -2.29. The van der Waals surface area contributed by atoms with Crippen LogP contribution in [0.1, 0.15) is 43.4 Å². The van der Waals surface area contributed by atoms with Gasteiger partial charge in [-0.1, -0.05) is 12.8 Å². The third kappa shape index (κ3) is 2.94. The second-order valence-electron chi connectivity index (χ2n) is 5.73. The molecule has 1 heterocycles. The Balaban J connectivity index is 1.67. The van der Waals surface area contributed by atoms with Crippen molar-refractivity contribution >= 4 is 27.3 Å². The average molecular weight is 314 g/mol. The molecule has 0 amide bonds. The van der Waals surface area contributed by atoms with Crippen LogP contribution in [0.3, 0.4) is 0 Å². The van der Waals surface area contributed by atoms with Crippen molar-refractivity contribution < 1.29 is 0 Å². The van der Waals surface area contributed by atoms with Gasteiger partial charge in [0.05, 0.1) is 0 Å². The van der Waals surface area contributed by atoms with Crippen molar-refractivity contribution in [1.82, 2.24) is 5.32 Å². The monoisotopic (exact) mass is 313 g/mol. The van der Waals surface area contributed by atoms with Gasteiger partial charge in [-0.05, 0) is 64.9 Å². The molecule has 2 fully saturated rings. The Labute approximate surface area is 116 Å². The maximum Gasteiger partial charge on any atom is 0.0314 e. The zero-order chi connectivity index (χ0) is 11.7. The van der Waals surface area contributed by atoms with E-state index in [4.69, 9.17) is 0 Å². The van der Waals surface area contributed by atoms with Gasteiger partial charge in [0.1, 0.15) is 0 Å². The van der Waals surface area contributed by atoms with E-state index in [-0.39, 0.29) is 0 Å². The highest BCUT2D eigenvalue weighted by atomic mass is 79.9. The molecule has 0 saturated heterocycles. The summed E-state index contributed by atoms with van der Waals surface area (Å²) in [5, 5.41) is 5.97.